The Labute approximate surface area is 195 Å². The molecule has 0 bridgehead atoms. The van der Waals surface area contributed by atoms with E-state index in [1.54, 1.807) is 9.47 Å². The lowest BCUT2D eigenvalue weighted by molar-refractivity contribution is -0.384. The van der Waals surface area contributed by atoms with Crippen LogP contribution in [0, 0.1) is 10.1 Å². The Bertz CT molecular complexity index is 1230. The van der Waals surface area contributed by atoms with Crippen molar-refractivity contribution in [2.24, 2.45) is 0 Å². The first-order valence-corrected chi connectivity index (χ1v) is 11.2. The van der Waals surface area contributed by atoms with Gasteiger partial charge in [0, 0.05) is 37.7 Å². The summed E-state index contributed by atoms with van der Waals surface area (Å²) in [6, 6.07) is 13.6. The van der Waals surface area contributed by atoms with Crippen LogP contribution in [0.3, 0.4) is 0 Å². The summed E-state index contributed by atoms with van der Waals surface area (Å²) in [5.74, 6) is 0.447. The molecule has 2 aromatic carbocycles. The molecular weight excluding hydrogens is 446 g/mol. The van der Waals surface area contributed by atoms with E-state index in [2.05, 4.69) is 5.10 Å². The summed E-state index contributed by atoms with van der Waals surface area (Å²) in [5.41, 5.74) is 0.815. The van der Waals surface area contributed by atoms with Crippen LogP contribution < -0.4 is 5.69 Å². The lowest BCUT2D eigenvalue weighted by Crippen LogP contribution is -2.38. The van der Waals surface area contributed by atoms with Gasteiger partial charge in [0.25, 0.3) is 11.6 Å². The zero-order chi connectivity index (χ0) is 23.5. The first-order chi connectivity index (χ1) is 15.9. The van der Waals surface area contributed by atoms with E-state index in [9.17, 15) is 19.7 Å². The van der Waals surface area contributed by atoms with Crippen molar-refractivity contribution in [3.8, 4) is 0 Å². The van der Waals surface area contributed by atoms with Gasteiger partial charge in [-0.15, -0.1) is 0 Å². The van der Waals surface area contributed by atoms with Gasteiger partial charge in [-0.3, -0.25) is 19.5 Å². The van der Waals surface area contributed by atoms with E-state index < -0.39 is 4.92 Å². The van der Waals surface area contributed by atoms with Crippen molar-refractivity contribution in [1.82, 2.24) is 19.2 Å². The molecule has 172 valence electrons. The molecule has 33 heavy (non-hydrogen) atoms. The van der Waals surface area contributed by atoms with Crippen molar-refractivity contribution in [3.63, 3.8) is 0 Å². The lowest BCUT2D eigenvalue weighted by atomic mass is 9.95. The average Bonchev–Trinajstić information content (AvgIpc) is 3.14. The highest BCUT2D eigenvalue weighted by molar-refractivity contribution is 6.33. The van der Waals surface area contributed by atoms with Gasteiger partial charge in [0.1, 0.15) is 5.82 Å². The van der Waals surface area contributed by atoms with Gasteiger partial charge in [0.15, 0.2) is 0 Å². The molecule has 1 fully saturated rings. The molecule has 1 aliphatic heterocycles. The van der Waals surface area contributed by atoms with E-state index in [-0.39, 0.29) is 33.8 Å². The molecule has 0 spiro atoms. The van der Waals surface area contributed by atoms with Crippen molar-refractivity contribution in [1.29, 1.82) is 0 Å². The SMILES string of the molecule is CCn1c(C2CCN(C(=O)c3cc([N+](=O)[O-])ccc3Cl)CC2)nn(Cc2ccccc2)c1=O. The number of aromatic nitrogens is 3. The minimum Gasteiger partial charge on any atom is -0.339 e. The van der Waals surface area contributed by atoms with Crippen LogP contribution in [0.15, 0.2) is 53.3 Å². The molecule has 2 heterocycles. The van der Waals surface area contributed by atoms with Gasteiger partial charge in [-0.1, -0.05) is 41.9 Å². The maximum atomic E-state index is 13.0. The number of non-ortho nitro benzene ring substituents is 1. The van der Waals surface area contributed by atoms with Crippen LogP contribution in [0.1, 0.15) is 47.4 Å². The largest absolute Gasteiger partial charge is 0.346 e. The third-order valence-electron chi connectivity index (χ3n) is 5.98. The van der Waals surface area contributed by atoms with Crippen LogP contribution in [-0.4, -0.2) is 43.2 Å². The summed E-state index contributed by atoms with van der Waals surface area (Å²) >= 11 is 6.14. The highest BCUT2D eigenvalue weighted by Crippen LogP contribution is 2.29. The van der Waals surface area contributed by atoms with E-state index >= 15 is 0 Å². The summed E-state index contributed by atoms with van der Waals surface area (Å²) in [6.07, 6.45) is 1.28. The van der Waals surface area contributed by atoms with Crippen LogP contribution in [0.4, 0.5) is 5.69 Å². The quantitative estimate of drug-likeness (QED) is 0.404. The first-order valence-electron chi connectivity index (χ1n) is 10.8. The van der Waals surface area contributed by atoms with E-state index in [1.165, 1.54) is 22.9 Å². The molecule has 4 rings (SSSR count). The molecule has 1 saturated heterocycles. The van der Waals surface area contributed by atoms with Gasteiger partial charge in [0.05, 0.1) is 22.1 Å². The normalized spacial score (nSPS) is 14.4. The molecule has 1 aromatic heterocycles. The molecule has 0 unspecified atom stereocenters. The van der Waals surface area contributed by atoms with E-state index in [0.717, 1.165) is 11.4 Å². The minimum absolute atomic E-state index is 0.0410. The molecule has 0 N–H and O–H groups in total. The van der Waals surface area contributed by atoms with E-state index in [0.29, 0.717) is 39.0 Å². The third-order valence-corrected chi connectivity index (χ3v) is 6.31. The summed E-state index contributed by atoms with van der Waals surface area (Å²) < 4.78 is 3.19. The third kappa shape index (κ3) is 4.68. The summed E-state index contributed by atoms with van der Waals surface area (Å²) in [7, 11) is 0. The van der Waals surface area contributed by atoms with Gasteiger partial charge < -0.3 is 4.90 Å². The highest BCUT2D eigenvalue weighted by atomic mass is 35.5. The van der Waals surface area contributed by atoms with Crippen LogP contribution in [0.25, 0.3) is 0 Å². The minimum atomic E-state index is -0.547. The molecule has 0 aliphatic carbocycles. The summed E-state index contributed by atoms with van der Waals surface area (Å²) in [4.78, 5) is 38.0. The first kappa shape index (κ1) is 22.7. The summed E-state index contributed by atoms with van der Waals surface area (Å²) in [5, 5.41) is 15.9. The molecule has 3 aromatic rings. The lowest BCUT2D eigenvalue weighted by Gasteiger charge is -2.31. The monoisotopic (exact) mass is 469 g/mol. The number of benzene rings is 2. The molecule has 0 saturated carbocycles. The standard InChI is InChI=1S/C23H24ClN5O4/c1-2-27-21(25-28(23(27)31)15-16-6-4-3-5-7-16)17-10-12-26(13-11-17)22(30)19-14-18(29(32)33)8-9-20(19)24/h3-9,14,17H,2,10-13,15H2,1H3. The Morgan fingerprint density at radius 1 is 1.18 bits per heavy atom. The maximum absolute atomic E-state index is 13.0. The number of carbonyl (C=O) groups excluding carboxylic acids is 1. The number of halogens is 1. The molecule has 1 aliphatic rings. The number of carbonyl (C=O) groups is 1. The topological polar surface area (TPSA) is 103 Å². The van der Waals surface area contributed by atoms with Crippen molar-refractivity contribution in [3.05, 3.63) is 91.1 Å². The van der Waals surface area contributed by atoms with Gasteiger partial charge in [0.2, 0.25) is 0 Å². The van der Waals surface area contributed by atoms with Crippen molar-refractivity contribution < 1.29 is 9.72 Å². The van der Waals surface area contributed by atoms with E-state index in [1.807, 2.05) is 37.3 Å². The molecule has 1 amide bonds. The Kier molecular flexibility index (Phi) is 6.60. The van der Waals surface area contributed by atoms with Crippen molar-refractivity contribution >= 4 is 23.2 Å². The number of piperidine rings is 1. The number of hydrogen-bond donors (Lipinski definition) is 0. The number of rotatable bonds is 6. The van der Waals surface area contributed by atoms with Crippen molar-refractivity contribution in [2.45, 2.75) is 38.8 Å². The Balaban J connectivity index is 1.50. The fraction of sp³-hybridized carbons (Fsp3) is 0.348. The van der Waals surface area contributed by atoms with Crippen molar-refractivity contribution in [2.75, 3.05) is 13.1 Å². The maximum Gasteiger partial charge on any atom is 0.346 e. The number of nitro benzene ring substituents is 1. The van der Waals surface area contributed by atoms with Gasteiger partial charge >= 0.3 is 5.69 Å². The molecule has 0 atom stereocenters. The molecule has 9 nitrogen and oxygen atoms in total. The smallest absolute Gasteiger partial charge is 0.339 e. The zero-order valence-corrected chi connectivity index (χ0v) is 18.9. The zero-order valence-electron chi connectivity index (χ0n) is 18.2. The van der Waals surface area contributed by atoms with Gasteiger partial charge in [-0.05, 0) is 31.4 Å². The highest BCUT2D eigenvalue weighted by Gasteiger charge is 2.30. The Hall–Kier alpha value is -3.46. The van der Waals surface area contributed by atoms with Gasteiger partial charge in [-0.25, -0.2) is 9.48 Å². The van der Waals surface area contributed by atoms with Crippen LogP contribution in [-0.2, 0) is 13.1 Å². The van der Waals surface area contributed by atoms with Gasteiger partial charge in [-0.2, -0.15) is 5.10 Å². The predicted molar refractivity (Wildman–Crippen MR) is 124 cm³/mol. The van der Waals surface area contributed by atoms with Crippen LogP contribution in [0.2, 0.25) is 5.02 Å². The Morgan fingerprint density at radius 3 is 2.52 bits per heavy atom. The number of nitro groups is 1. The molecular formula is C23H24ClN5O4. The summed E-state index contributed by atoms with van der Waals surface area (Å²) in [6.45, 7) is 3.74. The second kappa shape index (κ2) is 9.58. The Morgan fingerprint density at radius 2 is 1.88 bits per heavy atom. The average molecular weight is 470 g/mol. The number of amides is 1. The van der Waals surface area contributed by atoms with E-state index in [4.69, 9.17) is 11.6 Å². The molecule has 0 radical (unpaired) electrons. The number of hydrogen-bond acceptors (Lipinski definition) is 5. The second-order valence-corrected chi connectivity index (χ2v) is 8.42. The number of nitrogens with zero attached hydrogens (tertiary/aromatic N) is 5. The second-order valence-electron chi connectivity index (χ2n) is 8.02. The fourth-order valence-electron chi connectivity index (χ4n) is 4.22. The predicted octanol–water partition coefficient (Wildman–Crippen LogP) is 3.69. The fourth-order valence-corrected chi connectivity index (χ4v) is 4.42. The van der Waals surface area contributed by atoms with Crippen LogP contribution >= 0.6 is 11.6 Å². The molecule has 10 heteroatoms. The number of likely N-dealkylation sites (tertiary alicyclic amines) is 1. The van der Waals surface area contributed by atoms with Crippen LogP contribution in [0.5, 0.6) is 0 Å².